The molecule has 0 radical (unpaired) electrons. The monoisotopic (exact) mass is 315 g/mol. The van der Waals surface area contributed by atoms with Crippen molar-refractivity contribution in [2.45, 2.75) is 58.3 Å². The van der Waals surface area contributed by atoms with Crippen LogP contribution >= 0.6 is 0 Å². The van der Waals surface area contributed by atoms with Gasteiger partial charge in [0.1, 0.15) is 0 Å². The molecule has 0 aliphatic carbocycles. The maximum Gasteiger partial charge on any atom is 1.00 e. The molecule has 0 aromatic rings. The van der Waals surface area contributed by atoms with Gasteiger partial charge in [0.25, 0.3) is 0 Å². The van der Waals surface area contributed by atoms with Gasteiger partial charge in [0.05, 0.1) is 10.1 Å². The number of carbonyl (C=O) groups excluding carboxylic acids is 1. The van der Waals surface area contributed by atoms with Crippen molar-refractivity contribution < 1.29 is 47.3 Å². The molecule has 7 heteroatoms. The number of nitrogens with zero attached hydrogens (tertiary/aromatic N) is 1. The van der Waals surface area contributed by atoms with Crippen LogP contribution in [0.3, 0.4) is 0 Å². The van der Waals surface area contributed by atoms with Crippen molar-refractivity contribution in [3.05, 3.63) is 0 Å². The molecule has 1 amide bonds. The second-order valence-corrected chi connectivity index (χ2v) is 6.47. The van der Waals surface area contributed by atoms with E-state index in [-0.39, 0.29) is 41.9 Å². The molecule has 0 heterocycles. The quantitative estimate of drug-likeness (QED) is 0.282. The summed E-state index contributed by atoms with van der Waals surface area (Å²) in [5.74, 6) is -0.374. The van der Waals surface area contributed by atoms with E-state index >= 15 is 0 Å². The van der Waals surface area contributed by atoms with Crippen molar-refractivity contribution in [3.63, 3.8) is 0 Å². The standard InChI is InChI=1S/C13H27NO4S.Na/c1-3-4-5-6-7-8-10-13(15)14(2)11-9-12-19(16,17)18;/h3-12H2,1-2H3,(H,16,17,18);/q;+1/p-1. The number of amides is 1. The van der Waals surface area contributed by atoms with Crippen molar-refractivity contribution in [1.82, 2.24) is 4.90 Å². The van der Waals surface area contributed by atoms with Crippen molar-refractivity contribution in [2.75, 3.05) is 19.3 Å². The molecule has 0 bridgehead atoms. The van der Waals surface area contributed by atoms with Gasteiger partial charge in [-0.05, 0) is 12.8 Å². The minimum absolute atomic E-state index is 0. The zero-order chi connectivity index (χ0) is 14.7. The van der Waals surface area contributed by atoms with Crippen LogP contribution in [0.5, 0.6) is 0 Å². The Kier molecular flexibility index (Phi) is 14.8. The first-order chi connectivity index (χ1) is 8.87. The number of hydrogen-bond acceptors (Lipinski definition) is 4. The molecule has 114 valence electrons. The molecule has 0 aromatic carbocycles. The molecule has 20 heavy (non-hydrogen) atoms. The first-order valence-corrected chi connectivity index (χ1v) is 8.62. The minimum atomic E-state index is -4.16. The van der Waals surface area contributed by atoms with Crippen LogP contribution < -0.4 is 29.6 Å². The Morgan fingerprint density at radius 2 is 1.60 bits per heavy atom. The molecular formula is C13H26NNaO4S. The summed E-state index contributed by atoms with van der Waals surface area (Å²) in [4.78, 5) is 13.2. The number of carbonyl (C=O) groups is 1. The molecule has 0 fully saturated rings. The average molecular weight is 315 g/mol. The zero-order valence-electron chi connectivity index (χ0n) is 13.1. The first-order valence-electron chi connectivity index (χ1n) is 7.04. The molecule has 0 aliphatic rings. The van der Waals surface area contributed by atoms with Gasteiger partial charge in [-0.3, -0.25) is 4.79 Å². The Morgan fingerprint density at radius 3 is 2.15 bits per heavy atom. The SMILES string of the molecule is CCCCCCCCC(=O)N(C)CCCS(=O)(=O)[O-].[Na+]. The van der Waals surface area contributed by atoms with Crippen molar-refractivity contribution in [3.8, 4) is 0 Å². The van der Waals surface area contributed by atoms with E-state index in [0.29, 0.717) is 13.0 Å². The molecule has 0 unspecified atom stereocenters. The van der Waals surface area contributed by atoms with Gasteiger partial charge in [0.2, 0.25) is 5.91 Å². The molecule has 0 spiro atoms. The van der Waals surface area contributed by atoms with E-state index in [1.54, 1.807) is 7.05 Å². The summed E-state index contributed by atoms with van der Waals surface area (Å²) < 4.78 is 31.3. The van der Waals surface area contributed by atoms with Crippen LogP contribution in [0.25, 0.3) is 0 Å². The Hall–Kier alpha value is 0.380. The van der Waals surface area contributed by atoms with E-state index in [4.69, 9.17) is 0 Å². The number of unbranched alkanes of at least 4 members (excludes halogenated alkanes) is 5. The molecule has 5 nitrogen and oxygen atoms in total. The summed E-state index contributed by atoms with van der Waals surface area (Å²) in [6.07, 6.45) is 7.52. The van der Waals surface area contributed by atoms with E-state index in [9.17, 15) is 17.8 Å². The normalized spacial score (nSPS) is 10.9. The second-order valence-electron chi connectivity index (χ2n) is 4.95. The van der Waals surface area contributed by atoms with Gasteiger partial charge in [-0.15, -0.1) is 0 Å². The fourth-order valence-electron chi connectivity index (χ4n) is 1.85. The molecule has 0 saturated carbocycles. The van der Waals surface area contributed by atoms with Crippen LogP contribution in [0, 0.1) is 0 Å². The third-order valence-electron chi connectivity index (χ3n) is 3.06. The van der Waals surface area contributed by atoms with Crippen LogP contribution in [0.1, 0.15) is 58.3 Å². The fraction of sp³-hybridized carbons (Fsp3) is 0.923. The van der Waals surface area contributed by atoms with Gasteiger partial charge >= 0.3 is 29.6 Å². The summed E-state index contributed by atoms with van der Waals surface area (Å²) in [6.45, 7) is 2.50. The van der Waals surface area contributed by atoms with Gasteiger partial charge in [-0.2, -0.15) is 0 Å². The minimum Gasteiger partial charge on any atom is -0.748 e. The fourth-order valence-corrected chi connectivity index (χ4v) is 2.33. The second kappa shape index (κ2) is 13.1. The van der Waals surface area contributed by atoms with Gasteiger partial charge in [0, 0.05) is 25.8 Å². The van der Waals surface area contributed by atoms with Crippen LogP contribution in [0.2, 0.25) is 0 Å². The van der Waals surface area contributed by atoms with Crippen molar-refractivity contribution in [2.24, 2.45) is 0 Å². The van der Waals surface area contributed by atoms with E-state index in [0.717, 1.165) is 12.8 Å². The molecule has 0 atom stereocenters. The third kappa shape index (κ3) is 14.8. The average Bonchev–Trinajstić information content (AvgIpc) is 2.31. The maximum atomic E-state index is 11.7. The Bertz CT molecular complexity index is 346. The summed E-state index contributed by atoms with van der Waals surface area (Å²) in [5, 5.41) is 0. The molecule has 0 saturated heterocycles. The maximum absolute atomic E-state index is 11.7. The Labute approximate surface area is 145 Å². The van der Waals surface area contributed by atoms with Gasteiger partial charge in [0.15, 0.2) is 0 Å². The van der Waals surface area contributed by atoms with Crippen LogP contribution in [0.15, 0.2) is 0 Å². The summed E-state index contributed by atoms with van der Waals surface area (Å²) in [5.41, 5.74) is 0. The molecule has 0 aliphatic heterocycles. The first kappa shape index (κ1) is 22.7. The van der Waals surface area contributed by atoms with E-state index in [2.05, 4.69) is 6.92 Å². The summed E-state index contributed by atoms with van der Waals surface area (Å²) >= 11 is 0. The molecule has 0 aromatic heterocycles. The summed E-state index contributed by atoms with van der Waals surface area (Å²) in [7, 11) is -2.51. The van der Waals surface area contributed by atoms with E-state index < -0.39 is 15.9 Å². The van der Waals surface area contributed by atoms with Crippen LogP contribution in [-0.2, 0) is 14.9 Å². The predicted octanol–water partition coefficient (Wildman–Crippen LogP) is -0.865. The van der Waals surface area contributed by atoms with E-state index in [1.165, 1.54) is 30.6 Å². The zero-order valence-corrected chi connectivity index (χ0v) is 15.9. The number of hydrogen-bond donors (Lipinski definition) is 0. The summed E-state index contributed by atoms with van der Waals surface area (Å²) in [6, 6.07) is 0. The topological polar surface area (TPSA) is 77.5 Å². The molecular weight excluding hydrogens is 289 g/mol. The van der Waals surface area contributed by atoms with Crippen LogP contribution in [0.4, 0.5) is 0 Å². The predicted molar refractivity (Wildman–Crippen MR) is 74.8 cm³/mol. The van der Waals surface area contributed by atoms with Gasteiger partial charge in [-0.25, -0.2) is 8.42 Å². The van der Waals surface area contributed by atoms with Gasteiger partial charge in [-0.1, -0.05) is 39.0 Å². The Balaban J connectivity index is 0. The largest absolute Gasteiger partial charge is 1.00 e. The van der Waals surface area contributed by atoms with Crippen LogP contribution in [-0.4, -0.2) is 43.1 Å². The smallest absolute Gasteiger partial charge is 0.748 e. The van der Waals surface area contributed by atoms with Crippen molar-refractivity contribution >= 4 is 16.0 Å². The Morgan fingerprint density at radius 1 is 1.05 bits per heavy atom. The number of rotatable bonds is 11. The molecule has 0 rings (SSSR count). The van der Waals surface area contributed by atoms with E-state index in [1.807, 2.05) is 0 Å². The van der Waals surface area contributed by atoms with Crippen molar-refractivity contribution in [1.29, 1.82) is 0 Å². The third-order valence-corrected chi connectivity index (χ3v) is 3.85. The molecule has 0 N–H and O–H groups in total. The van der Waals surface area contributed by atoms with Gasteiger partial charge < -0.3 is 9.45 Å².